The summed E-state index contributed by atoms with van der Waals surface area (Å²) in [6, 6.07) is 25.1. The van der Waals surface area contributed by atoms with Crippen molar-refractivity contribution in [1.29, 1.82) is 0 Å². The highest BCUT2D eigenvalue weighted by atomic mass is 31.2. The molecule has 0 spiro atoms. The summed E-state index contributed by atoms with van der Waals surface area (Å²) in [7, 11) is -3.18. The van der Waals surface area contributed by atoms with Crippen LogP contribution >= 0.6 is 7.82 Å². The molecule has 5 nitrogen and oxygen atoms in total. The lowest BCUT2D eigenvalue weighted by Crippen LogP contribution is -2.17. The summed E-state index contributed by atoms with van der Waals surface area (Å²) in [6.45, 7) is 0. The van der Waals surface area contributed by atoms with E-state index in [-0.39, 0.29) is 0 Å². The predicted molar refractivity (Wildman–Crippen MR) is 98.8 cm³/mol. The van der Waals surface area contributed by atoms with Gasteiger partial charge < -0.3 is 9.79 Å². The Hall–Kier alpha value is -2.43. The van der Waals surface area contributed by atoms with E-state index in [0.29, 0.717) is 5.69 Å². The molecular weight excluding hydrogens is 337 g/mol. The normalized spacial score (nSPS) is 11.3. The van der Waals surface area contributed by atoms with E-state index in [2.05, 4.69) is 0 Å². The topological polar surface area (TPSA) is 70.0 Å². The zero-order chi connectivity index (χ0) is 17.9. The van der Waals surface area contributed by atoms with Crippen molar-refractivity contribution in [3.63, 3.8) is 0 Å². The molecule has 0 aliphatic rings. The lowest BCUT2D eigenvalue weighted by Gasteiger charge is -2.24. The van der Waals surface area contributed by atoms with Crippen molar-refractivity contribution in [3.8, 4) is 22.3 Å². The molecule has 6 heteroatoms. The van der Waals surface area contributed by atoms with Gasteiger partial charge in [0.2, 0.25) is 0 Å². The Morgan fingerprint density at radius 1 is 0.800 bits per heavy atom. The Morgan fingerprint density at radius 2 is 1.36 bits per heavy atom. The third-order valence-corrected chi connectivity index (χ3v) is 4.22. The highest BCUT2D eigenvalue weighted by Gasteiger charge is 2.22. The first-order valence-corrected chi connectivity index (χ1v) is 9.21. The molecule has 25 heavy (non-hydrogen) atoms. The molecule has 0 unspecified atom stereocenters. The minimum Gasteiger partial charge on any atom is -0.301 e. The van der Waals surface area contributed by atoms with E-state index < -0.39 is 7.82 Å². The number of phosphoric acid groups is 1. The van der Waals surface area contributed by atoms with Gasteiger partial charge in [0.05, 0.1) is 5.69 Å². The third kappa shape index (κ3) is 4.16. The average molecular weight is 355 g/mol. The average Bonchev–Trinajstić information content (AvgIpc) is 2.61. The number of benzene rings is 3. The Balaban J connectivity index is 2.21. The van der Waals surface area contributed by atoms with Crippen molar-refractivity contribution >= 4 is 13.5 Å². The van der Waals surface area contributed by atoms with Crippen molar-refractivity contribution in [2.45, 2.75) is 0 Å². The van der Waals surface area contributed by atoms with Gasteiger partial charge in [0.25, 0.3) is 0 Å². The zero-order valence-corrected chi connectivity index (χ0v) is 14.5. The van der Waals surface area contributed by atoms with Crippen molar-refractivity contribution in [3.05, 3.63) is 78.9 Å². The molecule has 0 fully saturated rings. The third-order valence-electron chi connectivity index (χ3n) is 3.76. The quantitative estimate of drug-likeness (QED) is 0.522. The summed E-state index contributed by atoms with van der Waals surface area (Å²) in [6.07, 6.45) is 0. The molecule has 0 saturated carbocycles. The van der Waals surface area contributed by atoms with Crippen LogP contribution in [0.1, 0.15) is 0 Å². The largest absolute Gasteiger partial charge is 0.491 e. The molecule has 0 bridgehead atoms. The summed E-state index contributed by atoms with van der Waals surface area (Å²) < 4.78 is 16.0. The molecule has 0 radical (unpaired) electrons. The van der Waals surface area contributed by atoms with Gasteiger partial charge in [-0.05, 0) is 22.8 Å². The fraction of sp³-hybridized carbons (Fsp3) is 0.0526. The molecule has 128 valence electrons. The van der Waals surface area contributed by atoms with Crippen LogP contribution < -0.4 is 5.06 Å². The van der Waals surface area contributed by atoms with Crippen molar-refractivity contribution in [2.24, 2.45) is 0 Å². The summed E-state index contributed by atoms with van der Waals surface area (Å²) in [5, 5.41) is 1.12. The lowest BCUT2D eigenvalue weighted by molar-refractivity contribution is 0.189. The van der Waals surface area contributed by atoms with Crippen molar-refractivity contribution < 1.29 is 19.0 Å². The van der Waals surface area contributed by atoms with Crippen LogP contribution in [-0.4, -0.2) is 16.8 Å². The molecule has 2 N–H and O–H groups in total. The van der Waals surface area contributed by atoms with E-state index in [1.54, 1.807) is 6.07 Å². The van der Waals surface area contributed by atoms with Gasteiger partial charge >= 0.3 is 7.82 Å². The minimum atomic E-state index is -4.66. The van der Waals surface area contributed by atoms with E-state index in [0.717, 1.165) is 27.3 Å². The SMILES string of the molecule is CN(OP(=O)(O)O)c1cccc(-c2ccccc2)c1-c1ccccc1. The smallest absolute Gasteiger partial charge is 0.301 e. The molecule has 0 aliphatic heterocycles. The minimum absolute atomic E-state index is 0.566. The second kappa shape index (κ2) is 7.21. The monoisotopic (exact) mass is 355 g/mol. The molecule has 0 amide bonds. The van der Waals surface area contributed by atoms with Crippen molar-refractivity contribution in [2.75, 3.05) is 12.1 Å². The number of anilines is 1. The zero-order valence-electron chi connectivity index (χ0n) is 13.6. The van der Waals surface area contributed by atoms with E-state index in [9.17, 15) is 4.57 Å². The van der Waals surface area contributed by atoms with E-state index in [1.165, 1.54) is 7.05 Å². The van der Waals surface area contributed by atoms with Gasteiger partial charge in [-0.25, -0.2) is 9.63 Å². The maximum atomic E-state index is 11.2. The first kappa shape index (κ1) is 17.4. The standard InChI is InChI=1S/C19H18NO4P/c1-20(24-25(21,22)23)18-14-8-13-17(15-9-4-2-5-10-15)19(18)16-11-6-3-7-12-16/h2-14H,1H3,(H2,21,22,23). The maximum Gasteiger partial charge on any atom is 0.491 e. The second-order valence-corrected chi connectivity index (χ2v) is 6.65. The Labute approximate surface area is 146 Å². The van der Waals surface area contributed by atoms with Gasteiger partial charge in [-0.2, -0.15) is 4.62 Å². The van der Waals surface area contributed by atoms with Gasteiger partial charge in [-0.1, -0.05) is 72.8 Å². The van der Waals surface area contributed by atoms with Gasteiger partial charge in [0, 0.05) is 12.6 Å². The summed E-state index contributed by atoms with van der Waals surface area (Å²) >= 11 is 0. The molecule has 0 atom stereocenters. The lowest BCUT2D eigenvalue weighted by atomic mass is 9.93. The molecule has 0 aliphatic carbocycles. The number of hydrogen-bond donors (Lipinski definition) is 2. The van der Waals surface area contributed by atoms with Crippen LogP contribution in [0.25, 0.3) is 22.3 Å². The number of rotatable bonds is 5. The predicted octanol–water partition coefficient (Wildman–Crippen LogP) is 4.48. The second-order valence-electron chi connectivity index (χ2n) is 5.50. The molecule has 3 aromatic carbocycles. The molecular formula is C19H18NO4P. The fourth-order valence-corrected chi connectivity index (χ4v) is 3.18. The van der Waals surface area contributed by atoms with Crippen LogP contribution in [0, 0.1) is 0 Å². The molecule has 0 heterocycles. The van der Waals surface area contributed by atoms with Crippen LogP contribution in [0.2, 0.25) is 0 Å². The number of hydroxylamine groups is 1. The highest BCUT2D eigenvalue weighted by Crippen LogP contribution is 2.43. The number of hydrogen-bond acceptors (Lipinski definition) is 3. The molecule has 0 saturated heterocycles. The maximum absolute atomic E-state index is 11.2. The van der Waals surface area contributed by atoms with Gasteiger partial charge in [0.15, 0.2) is 0 Å². The van der Waals surface area contributed by atoms with Gasteiger partial charge in [0.1, 0.15) is 0 Å². The molecule has 0 aromatic heterocycles. The van der Waals surface area contributed by atoms with E-state index in [1.807, 2.05) is 72.8 Å². The first-order chi connectivity index (χ1) is 12.0. The van der Waals surface area contributed by atoms with E-state index >= 15 is 0 Å². The van der Waals surface area contributed by atoms with E-state index in [4.69, 9.17) is 14.4 Å². The first-order valence-electron chi connectivity index (χ1n) is 7.68. The summed E-state index contributed by atoms with van der Waals surface area (Å²) in [5.41, 5.74) is 4.29. The Kier molecular flexibility index (Phi) is 5.02. The summed E-state index contributed by atoms with van der Waals surface area (Å²) in [4.78, 5) is 18.3. The van der Waals surface area contributed by atoms with Crippen LogP contribution in [0.15, 0.2) is 78.9 Å². The van der Waals surface area contributed by atoms with Crippen molar-refractivity contribution in [1.82, 2.24) is 0 Å². The van der Waals surface area contributed by atoms with Crippen LogP contribution in [0.5, 0.6) is 0 Å². The number of nitrogens with zero attached hydrogens (tertiary/aromatic N) is 1. The molecule has 3 rings (SSSR count). The van der Waals surface area contributed by atoms with Crippen LogP contribution in [0.3, 0.4) is 0 Å². The van der Waals surface area contributed by atoms with Gasteiger partial charge in [-0.15, -0.1) is 0 Å². The van der Waals surface area contributed by atoms with Crippen LogP contribution in [-0.2, 0) is 9.19 Å². The molecule has 3 aromatic rings. The van der Waals surface area contributed by atoms with Crippen LogP contribution in [0.4, 0.5) is 5.69 Å². The Bertz CT molecular complexity index is 894. The van der Waals surface area contributed by atoms with Gasteiger partial charge in [-0.3, -0.25) is 0 Å². The summed E-state index contributed by atoms with van der Waals surface area (Å²) in [5.74, 6) is 0. The highest BCUT2D eigenvalue weighted by molar-refractivity contribution is 7.46. The Morgan fingerprint density at radius 3 is 1.92 bits per heavy atom. The fourth-order valence-electron chi connectivity index (χ4n) is 2.77.